The first-order valence-electron chi connectivity index (χ1n) is 8.05. The van der Waals surface area contributed by atoms with E-state index < -0.39 is 24.0 Å². The second-order valence-corrected chi connectivity index (χ2v) is 7.41. The number of allylic oxidation sites excluding steroid dienone is 1. The fraction of sp³-hybridized carbons (Fsp3) is 0.882. The molecule has 0 spiro atoms. The molecule has 0 aromatic carbocycles. The van der Waals surface area contributed by atoms with Gasteiger partial charge < -0.3 is 4.89 Å². The third-order valence-corrected chi connectivity index (χ3v) is 2.57. The van der Waals surface area contributed by atoms with E-state index in [2.05, 4.69) is 0 Å². The fourth-order valence-electron chi connectivity index (χ4n) is 1.44. The zero-order valence-corrected chi connectivity index (χ0v) is 15.5. The third kappa shape index (κ3) is 12.4. The molecule has 0 fully saturated rings. The molecule has 138 valence electrons. The van der Waals surface area contributed by atoms with Crippen LogP contribution in [0.3, 0.4) is 0 Å². The number of hydrogen-bond donors (Lipinski definition) is 0. The van der Waals surface area contributed by atoms with Crippen LogP contribution in [0.15, 0.2) is 11.3 Å². The second kappa shape index (κ2) is 10.2. The maximum Gasteiger partial charge on any atom is 0.147 e. The summed E-state index contributed by atoms with van der Waals surface area (Å²) in [6.45, 7) is 12.1. The first kappa shape index (κ1) is 22.3. The lowest BCUT2D eigenvalue weighted by Crippen LogP contribution is -2.22. The average Bonchev–Trinajstić information content (AvgIpc) is 2.40. The third-order valence-electron chi connectivity index (χ3n) is 2.57. The van der Waals surface area contributed by atoms with Gasteiger partial charge in [0, 0.05) is 18.4 Å². The van der Waals surface area contributed by atoms with Crippen LogP contribution in [0.5, 0.6) is 0 Å². The van der Waals surface area contributed by atoms with Crippen LogP contribution in [-0.4, -0.2) is 30.7 Å². The molecule has 0 aliphatic heterocycles. The lowest BCUT2D eigenvalue weighted by atomic mass is 10.1. The molecule has 0 bridgehead atoms. The molecule has 0 aromatic rings. The monoisotopic (exact) mass is 338 g/mol. The highest BCUT2D eigenvalue weighted by Crippen LogP contribution is 2.23. The topological polar surface area (TPSA) is 36.9 Å². The first-order chi connectivity index (χ1) is 10.5. The van der Waals surface area contributed by atoms with Crippen LogP contribution in [0.2, 0.25) is 0 Å². The summed E-state index contributed by atoms with van der Waals surface area (Å²) >= 11 is 0. The van der Waals surface area contributed by atoms with Crippen molar-refractivity contribution in [1.29, 1.82) is 0 Å². The van der Waals surface area contributed by atoms with Gasteiger partial charge in [-0.2, -0.15) is 4.89 Å². The Kier molecular flexibility index (Phi) is 9.89. The van der Waals surface area contributed by atoms with E-state index in [1.807, 2.05) is 41.5 Å². The van der Waals surface area contributed by atoms with Crippen LogP contribution >= 0.6 is 0 Å². The summed E-state index contributed by atoms with van der Waals surface area (Å²) in [5, 5.41) is 0. The molecular formula is C17H32F2O4. The minimum absolute atomic E-state index is 0.000457. The molecule has 0 aliphatic rings. The Morgan fingerprint density at radius 2 is 1.57 bits per heavy atom. The van der Waals surface area contributed by atoms with Gasteiger partial charge in [0.2, 0.25) is 0 Å². The largest absolute Gasteiger partial charge is 0.341 e. The van der Waals surface area contributed by atoms with Gasteiger partial charge in [-0.05, 0) is 48.0 Å². The molecular weight excluding hydrogens is 306 g/mol. The van der Waals surface area contributed by atoms with Crippen molar-refractivity contribution in [3.05, 3.63) is 11.3 Å². The summed E-state index contributed by atoms with van der Waals surface area (Å²) in [6, 6.07) is 0. The van der Waals surface area contributed by atoms with Crippen LogP contribution in [0.25, 0.3) is 0 Å². The standard InChI is InChI=1S/C17H32F2O4/c1-8-14(19)11-15(21-23-17(5,6)7)13(9-10-18)12-20-22-16(2,3)4/h14H,8-12H2,1-7H3/b15-13+. The summed E-state index contributed by atoms with van der Waals surface area (Å²) in [5.41, 5.74) is -0.556. The lowest BCUT2D eigenvalue weighted by molar-refractivity contribution is -0.346. The Labute approximate surface area is 139 Å². The SMILES string of the molecule is CCC(F)C/C(OOC(C)(C)C)=C(/CCF)COOC(C)(C)C. The van der Waals surface area contributed by atoms with Gasteiger partial charge in [0.1, 0.15) is 24.1 Å². The van der Waals surface area contributed by atoms with Crippen molar-refractivity contribution in [2.45, 2.75) is 85.1 Å². The predicted octanol–water partition coefficient (Wildman–Crippen LogP) is 5.23. The summed E-state index contributed by atoms with van der Waals surface area (Å²) < 4.78 is 26.6. The summed E-state index contributed by atoms with van der Waals surface area (Å²) in [7, 11) is 0. The van der Waals surface area contributed by atoms with Gasteiger partial charge in [-0.3, -0.25) is 4.39 Å². The van der Waals surface area contributed by atoms with Gasteiger partial charge in [0.05, 0.1) is 12.3 Å². The average molecular weight is 338 g/mol. The molecule has 1 atom stereocenters. The molecule has 1 unspecified atom stereocenters. The minimum atomic E-state index is -1.09. The van der Waals surface area contributed by atoms with E-state index in [9.17, 15) is 8.78 Å². The van der Waals surface area contributed by atoms with Crippen molar-refractivity contribution < 1.29 is 28.3 Å². The summed E-state index contributed by atoms with van der Waals surface area (Å²) in [5.74, 6) is 0.268. The smallest absolute Gasteiger partial charge is 0.147 e. The van der Waals surface area contributed by atoms with E-state index in [4.69, 9.17) is 19.6 Å². The van der Waals surface area contributed by atoms with Gasteiger partial charge in [-0.15, -0.1) is 0 Å². The van der Waals surface area contributed by atoms with E-state index in [1.165, 1.54) is 0 Å². The van der Waals surface area contributed by atoms with Crippen LogP contribution in [0, 0.1) is 0 Å². The molecule has 0 amide bonds. The molecule has 6 heteroatoms. The highest BCUT2D eigenvalue weighted by Gasteiger charge is 2.20. The van der Waals surface area contributed by atoms with E-state index in [-0.39, 0.29) is 25.2 Å². The van der Waals surface area contributed by atoms with Crippen LogP contribution in [0.4, 0.5) is 8.78 Å². The van der Waals surface area contributed by atoms with Gasteiger partial charge in [0.15, 0.2) is 0 Å². The zero-order chi connectivity index (χ0) is 18.1. The molecule has 0 saturated carbocycles. The molecule has 0 aliphatic carbocycles. The van der Waals surface area contributed by atoms with Gasteiger partial charge in [0.25, 0.3) is 0 Å². The maximum absolute atomic E-state index is 13.8. The summed E-state index contributed by atoms with van der Waals surface area (Å²) in [6.07, 6.45) is -0.662. The molecule has 0 radical (unpaired) electrons. The number of halogens is 2. The zero-order valence-electron chi connectivity index (χ0n) is 15.5. The molecule has 4 nitrogen and oxygen atoms in total. The maximum atomic E-state index is 13.8. The molecule has 0 N–H and O–H groups in total. The number of hydrogen-bond acceptors (Lipinski definition) is 4. The molecule has 23 heavy (non-hydrogen) atoms. The number of alkyl halides is 2. The molecule has 0 saturated heterocycles. The van der Waals surface area contributed by atoms with Crippen molar-refractivity contribution in [3.63, 3.8) is 0 Å². The van der Waals surface area contributed by atoms with Crippen molar-refractivity contribution in [2.24, 2.45) is 0 Å². The Morgan fingerprint density at radius 1 is 1.00 bits per heavy atom. The van der Waals surface area contributed by atoms with E-state index >= 15 is 0 Å². The molecule has 0 heterocycles. The van der Waals surface area contributed by atoms with Crippen LogP contribution in [-0.2, 0) is 19.6 Å². The van der Waals surface area contributed by atoms with Crippen molar-refractivity contribution >= 4 is 0 Å². The molecule has 0 aromatic heterocycles. The lowest BCUT2D eigenvalue weighted by Gasteiger charge is -2.23. The van der Waals surface area contributed by atoms with Crippen molar-refractivity contribution in [1.82, 2.24) is 0 Å². The molecule has 0 rings (SSSR count). The van der Waals surface area contributed by atoms with Gasteiger partial charge in [-0.25, -0.2) is 14.2 Å². The van der Waals surface area contributed by atoms with E-state index in [0.29, 0.717) is 12.0 Å². The van der Waals surface area contributed by atoms with Crippen LogP contribution < -0.4 is 0 Å². The quantitative estimate of drug-likeness (QED) is 0.310. The highest BCUT2D eigenvalue weighted by atomic mass is 19.1. The van der Waals surface area contributed by atoms with Gasteiger partial charge >= 0.3 is 0 Å². The predicted molar refractivity (Wildman–Crippen MR) is 86.1 cm³/mol. The van der Waals surface area contributed by atoms with Crippen LogP contribution in [0.1, 0.15) is 67.7 Å². The van der Waals surface area contributed by atoms with Gasteiger partial charge in [-0.1, -0.05) is 6.92 Å². The minimum Gasteiger partial charge on any atom is -0.341 e. The Hall–Kier alpha value is -0.720. The fourth-order valence-corrected chi connectivity index (χ4v) is 1.44. The number of rotatable bonds is 10. The van der Waals surface area contributed by atoms with Crippen molar-refractivity contribution in [3.8, 4) is 0 Å². The summed E-state index contributed by atoms with van der Waals surface area (Å²) in [4.78, 5) is 20.9. The van der Waals surface area contributed by atoms with E-state index in [1.54, 1.807) is 6.92 Å². The Morgan fingerprint density at radius 3 is 2.00 bits per heavy atom. The second-order valence-electron chi connectivity index (χ2n) is 7.41. The Bertz CT molecular complexity index is 357. The van der Waals surface area contributed by atoms with E-state index in [0.717, 1.165) is 0 Å². The highest BCUT2D eigenvalue weighted by molar-refractivity contribution is 5.10. The first-order valence-corrected chi connectivity index (χ1v) is 8.05. The Balaban J connectivity index is 5.07. The normalized spacial score (nSPS) is 15.3. The van der Waals surface area contributed by atoms with Crippen molar-refractivity contribution in [2.75, 3.05) is 13.3 Å².